The summed E-state index contributed by atoms with van der Waals surface area (Å²) in [6.45, 7) is 0.673. The number of benzene rings is 3. The maximum Gasteiger partial charge on any atom is 0.289 e. The van der Waals surface area contributed by atoms with E-state index < -0.39 is 38.0 Å². The molecule has 0 radical (unpaired) electrons. The second kappa shape index (κ2) is 10.9. The minimum Gasteiger partial charge on any atom is -0.497 e. The van der Waals surface area contributed by atoms with Gasteiger partial charge in [-0.1, -0.05) is 12.1 Å². The predicted molar refractivity (Wildman–Crippen MR) is 132 cm³/mol. The number of amides is 1. The van der Waals surface area contributed by atoms with Crippen molar-refractivity contribution in [1.29, 1.82) is 0 Å². The number of carbonyl (C=O) groups is 2. The van der Waals surface area contributed by atoms with Gasteiger partial charge < -0.3 is 14.8 Å². The molecule has 0 aromatic heterocycles. The van der Waals surface area contributed by atoms with Crippen molar-refractivity contribution in [2.75, 3.05) is 30.4 Å². The zero-order chi connectivity index (χ0) is 26.5. The van der Waals surface area contributed by atoms with E-state index in [2.05, 4.69) is 5.32 Å². The molecule has 3 aromatic carbocycles. The summed E-state index contributed by atoms with van der Waals surface area (Å²) in [5.74, 6) is -0.449. The number of ketones is 1. The van der Waals surface area contributed by atoms with Gasteiger partial charge in [0.05, 0.1) is 24.8 Å². The predicted octanol–water partition coefficient (Wildman–Crippen LogP) is 3.65. The van der Waals surface area contributed by atoms with E-state index >= 15 is 0 Å². The number of hydrogen-bond donors (Lipinski definition) is 1. The molecule has 3 aromatic rings. The monoisotopic (exact) mass is 513 g/mol. The van der Waals surface area contributed by atoms with Gasteiger partial charge in [-0.25, -0.2) is 8.42 Å². The smallest absolute Gasteiger partial charge is 0.289 e. The number of methoxy groups -OCH3 is 2. The Labute approximate surface area is 207 Å². The minimum atomic E-state index is -4.62. The highest BCUT2D eigenvalue weighted by atomic mass is 32.2. The highest BCUT2D eigenvalue weighted by Gasteiger charge is 2.34. The molecule has 11 nitrogen and oxygen atoms in total. The van der Waals surface area contributed by atoms with Gasteiger partial charge in [0.25, 0.3) is 15.7 Å². The zero-order valence-corrected chi connectivity index (χ0v) is 20.4. The van der Waals surface area contributed by atoms with E-state index in [4.69, 9.17) is 9.47 Å². The molecule has 1 amide bonds. The first-order valence-corrected chi connectivity index (χ1v) is 11.9. The molecule has 3 rings (SSSR count). The van der Waals surface area contributed by atoms with Crippen molar-refractivity contribution < 1.29 is 32.4 Å². The number of rotatable bonds is 10. The molecule has 0 fully saturated rings. The minimum absolute atomic E-state index is 0.0291. The fraction of sp³-hybridized carbons (Fsp3) is 0.167. The first kappa shape index (κ1) is 26.2. The first-order chi connectivity index (χ1) is 17.1. The molecule has 0 saturated heterocycles. The zero-order valence-electron chi connectivity index (χ0n) is 19.6. The lowest BCUT2D eigenvalue weighted by Crippen LogP contribution is -2.38. The van der Waals surface area contributed by atoms with Crippen LogP contribution in [0.3, 0.4) is 0 Å². The van der Waals surface area contributed by atoms with E-state index in [-0.39, 0.29) is 17.2 Å². The fourth-order valence-corrected chi connectivity index (χ4v) is 4.95. The third-order valence-electron chi connectivity index (χ3n) is 5.15. The molecule has 36 heavy (non-hydrogen) atoms. The van der Waals surface area contributed by atoms with Crippen LogP contribution in [0.5, 0.6) is 11.5 Å². The Morgan fingerprint density at radius 3 is 2.25 bits per heavy atom. The van der Waals surface area contributed by atoms with Crippen LogP contribution in [0.15, 0.2) is 71.6 Å². The van der Waals surface area contributed by atoms with Gasteiger partial charge in [-0.2, -0.15) is 0 Å². The second-order valence-corrected chi connectivity index (χ2v) is 9.29. The number of nitro benzene ring substituents is 1. The third-order valence-corrected chi connectivity index (χ3v) is 6.96. The van der Waals surface area contributed by atoms with Crippen molar-refractivity contribution in [3.63, 3.8) is 0 Å². The summed E-state index contributed by atoms with van der Waals surface area (Å²) in [4.78, 5) is 34.6. The number of nitro groups is 1. The molecule has 0 bridgehead atoms. The number of sulfonamides is 1. The summed E-state index contributed by atoms with van der Waals surface area (Å²) >= 11 is 0. The molecule has 0 spiro atoms. The quantitative estimate of drug-likeness (QED) is 0.246. The molecule has 188 valence electrons. The number of Topliss-reactive ketones (excluding diaryl/α,β-unsaturated/α-hetero) is 1. The van der Waals surface area contributed by atoms with E-state index in [0.29, 0.717) is 17.0 Å². The van der Waals surface area contributed by atoms with Crippen molar-refractivity contribution in [3.05, 3.63) is 82.4 Å². The largest absolute Gasteiger partial charge is 0.497 e. The number of hydrogen-bond acceptors (Lipinski definition) is 8. The molecule has 12 heteroatoms. The Kier molecular flexibility index (Phi) is 7.90. The van der Waals surface area contributed by atoms with E-state index in [1.807, 2.05) is 0 Å². The lowest BCUT2D eigenvalue weighted by Gasteiger charge is -2.25. The SMILES string of the molecule is COc1ccc(N(CC(=O)Nc2ccc(C(C)=O)cc2)S(=O)(=O)c2ccccc2[N+](=O)[O-])c(OC)c1. The Hall–Kier alpha value is -4.45. The molecular formula is C24H23N3O8S. The van der Waals surface area contributed by atoms with Crippen LogP contribution in [0.1, 0.15) is 17.3 Å². The van der Waals surface area contributed by atoms with Crippen molar-refractivity contribution in [2.24, 2.45) is 0 Å². The Bertz CT molecular complexity index is 1410. The maximum atomic E-state index is 13.7. The molecule has 1 N–H and O–H groups in total. The van der Waals surface area contributed by atoms with Gasteiger partial charge in [-0.15, -0.1) is 0 Å². The number of nitrogens with one attached hydrogen (secondary N) is 1. The van der Waals surface area contributed by atoms with Crippen LogP contribution in [0.2, 0.25) is 0 Å². The third kappa shape index (κ3) is 5.61. The van der Waals surface area contributed by atoms with Crippen LogP contribution >= 0.6 is 0 Å². The molecule has 0 saturated carbocycles. The van der Waals surface area contributed by atoms with Crippen LogP contribution in [-0.4, -0.2) is 45.8 Å². The summed E-state index contributed by atoms with van der Waals surface area (Å²) in [6, 6.07) is 15.2. The maximum absolute atomic E-state index is 13.7. The van der Waals surface area contributed by atoms with Crippen LogP contribution in [-0.2, 0) is 14.8 Å². The van der Waals surface area contributed by atoms with Gasteiger partial charge in [0.1, 0.15) is 18.0 Å². The summed E-state index contributed by atoms with van der Waals surface area (Å²) in [7, 11) is -1.89. The van der Waals surface area contributed by atoms with Crippen molar-refractivity contribution >= 4 is 38.8 Å². The molecule has 0 atom stereocenters. The Morgan fingerprint density at radius 1 is 1.00 bits per heavy atom. The number of anilines is 2. The Morgan fingerprint density at radius 2 is 1.67 bits per heavy atom. The van der Waals surface area contributed by atoms with E-state index in [1.165, 1.54) is 75.7 Å². The average Bonchev–Trinajstić information content (AvgIpc) is 2.87. The standard InChI is InChI=1S/C24H23N3O8S/c1-16(28)17-8-10-18(11-9-17)25-24(29)15-26(20-13-12-19(34-2)14-22(20)35-3)36(32,33)23-7-5-4-6-21(23)27(30)31/h4-14H,15H2,1-3H3,(H,25,29). The van der Waals surface area contributed by atoms with Crippen molar-refractivity contribution in [1.82, 2.24) is 0 Å². The van der Waals surface area contributed by atoms with E-state index in [9.17, 15) is 28.1 Å². The lowest BCUT2D eigenvalue weighted by molar-refractivity contribution is -0.387. The van der Waals surface area contributed by atoms with Crippen LogP contribution < -0.4 is 19.1 Å². The number of carbonyl (C=O) groups excluding carboxylic acids is 2. The lowest BCUT2D eigenvalue weighted by atomic mass is 10.1. The number of para-hydroxylation sites is 1. The first-order valence-electron chi connectivity index (χ1n) is 10.5. The van der Waals surface area contributed by atoms with E-state index in [1.54, 1.807) is 0 Å². The highest BCUT2D eigenvalue weighted by molar-refractivity contribution is 7.93. The molecular weight excluding hydrogens is 490 g/mol. The second-order valence-electron chi connectivity index (χ2n) is 7.46. The van der Waals surface area contributed by atoms with Gasteiger partial charge in [0, 0.05) is 23.4 Å². The summed E-state index contributed by atoms with van der Waals surface area (Å²) in [6.07, 6.45) is 0. The van der Waals surface area contributed by atoms with Gasteiger partial charge in [-0.3, -0.25) is 24.0 Å². The summed E-state index contributed by atoms with van der Waals surface area (Å²) < 4.78 is 38.6. The fourth-order valence-electron chi connectivity index (χ4n) is 3.35. The summed E-state index contributed by atoms with van der Waals surface area (Å²) in [5, 5.41) is 14.1. The highest BCUT2D eigenvalue weighted by Crippen LogP contribution is 2.37. The van der Waals surface area contributed by atoms with Gasteiger partial charge in [-0.05, 0) is 49.4 Å². The van der Waals surface area contributed by atoms with Crippen LogP contribution in [0.4, 0.5) is 17.1 Å². The Balaban J connectivity index is 2.06. The molecule has 0 aliphatic carbocycles. The molecule has 0 heterocycles. The van der Waals surface area contributed by atoms with Crippen molar-refractivity contribution in [2.45, 2.75) is 11.8 Å². The number of ether oxygens (including phenoxy) is 2. The molecule has 0 aliphatic heterocycles. The van der Waals surface area contributed by atoms with Gasteiger partial charge in [0.15, 0.2) is 10.7 Å². The van der Waals surface area contributed by atoms with Gasteiger partial charge >= 0.3 is 0 Å². The van der Waals surface area contributed by atoms with Gasteiger partial charge in [0.2, 0.25) is 5.91 Å². The topological polar surface area (TPSA) is 145 Å². The van der Waals surface area contributed by atoms with Crippen LogP contribution in [0.25, 0.3) is 0 Å². The van der Waals surface area contributed by atoms with Crippen LogP contribution in [0, 0.1) is 10.1 Å². The molecule has 0 aliphatic rings. The summed E-state index contributed by atoms with van der Waals surface area (Å²) in [5.41, 5.74) is 0.0973. The van der Waals surface area contributed by atoms with E-state index in [0.717, 1.165) is 16.4 Å². The van der Waals surface area contributed by atoms with Crippen molar-refractivity contribution in [3.8, 4) is 11.5 Å². The number of nitrogens with zero attached hydrogens (tertiary/aromatic N) is 2. The molecule has 0 unspecified atom stereocenters. The average molecular weight is 514 g/mol. The normalized spacial score (nSPS) is 10.9.